The second-order valence-electron chi connectivity index (χ2n) is 6.42. The first-order valence-electron chi connectivity index (χ1n) is 9.83. The zero-order valence-corrected chi connectivity index (χ0v) is 17.2. The molecule has 1 rings (SSSR count). The van der Waals surface area contributed by atoms with Gasteiger partial charge in [-0.2, -0.15) is 0 Å². The molecule has 1 N–H and O–H groups in total. The number of likely N-dealkylation sites (N-methyl/N-ethyl adjacent to an activating group) is 2. The van der Waals surface area contributed by atoms with Gasteiger partial charge in [0.05, 0.1) is 13.1 Å². The number of phenols is 1. The van der Waals surface area contributed by atoms with Crippen LogP contribution in [0.2, 0.25) is 0 Å². The minimum atomic E-state index is 0.258. The summed E-state index contributed by atoms with van der Waals surface area (Å²) in [5.41, 5.74) is 2.61. The van der Waals surface area contributed by atoms with Gasteiger partial charge in [0.15, 0.2) is 0 Å². The molecule has 0 saturated heterocycles. The highest BCUT2D eigenvalue weighted by atomic mass is 16.3. The molecule has 5 nitrogen and oxygen atoms in total. The lowest BCUT2D eigenvalue weighted by molar-refractivity contribution is 0.313. The van der Waals surface area contributed by atoms with E-state index in [4.69, 9.17) is 0 Å². The second-order valence-corrected chi connectivity index (χ2v) is 6.42. The Hall–Kier alpha value is -1.72. The summed E-state index contributed by atoms with van der Waals surface area (Å²) in [4.78, 5) is 13.6. The molecule has 1 aromatic carbocycles. The SMILES string of the molecule is CCN(CC)CCN=Cc1cc(C)cc(C=NCCN(CC)CC)c1O. The molecule has 0 radical (unpaired) electrons. The highest BCUT2D eigenvalue weighted by molar-refractivity contribution is 5.92. The van der Waals surface area contributed by atoms with E-state index < -0.39 is 0 Å². The number of phenolic OH excluding ortho intramolecular Hbond substituents is 1. The first kappa shape index (κ1) is 22.3. The largest absolute Gasteiger partial charge is 0.507 e. The van der Waals surface area contributed by atoms with Crippen LogP contribution in [0.4, 0.5) is 0 Å². The average molecular weight is 361 g/mol. The molecule has 26 heavy (non-hydrogen) atoms. The van der Waals surface area contributed by atoms with E-state index in [1.54, 1.807) is 12.4 Å². The van der Waals surface area contributed by atoms with E-state index in [0.717, 1.165) is 69.0 Å². The Morgan fingerprint density at radius 2 is 1.19 bits per heavy atom. The lowest BCUT2D eigenvalue weighted by Crippen LogP contribution is -2.25. The fourth-order valence-corrected chi connectivity index (χ4v) is 2.84. The number of aromatic hydroxyl groups is 1. The fourth-order valence-electron chi connectivity index (χ4n) is 2.84. The highest BCUT2D eigenvalue weighted by Crippen LogP contribution is 2.21. The smallest absolute Gasteiger partial charge is 0.133 e. The zero-order valence-electron chi connectivity index (χ0n) is 17.2. The summed E-state index contributed by atoms with van der Waals surface area (Å²) in [6.45, 7) is 18.2. The normalized spacial score (nSPS) is 12.3. The van der Waals surface area contributed by atoms with Crippen molar-refractivity contribution < 1.29 is 5.11 Å². The molecular formula is C21H36N4O. The molecule has 146 valence electrons. The molecular weight excluding hydrogens is 324 g/mol. The fraction of sp³-hybridized carbons (Fsp3) is 0.619. The van der Waals surface area contributed by atoms with Crippen molar-refractivity contribution in [2.45, 2.75) is 34.6 Å². The lowest BCUT2D eigenvalue weighted by Gasteiger charge is -2.16. The molecule has 0 aliphatic rings. The maximum atomic E-state index is 10.5. The van der Waals surface area contributed by atoms with Gasteiger partial charge in [0.2, 0.25) is 0 Å². The standard InChI is InChI=1S/C21H36N4O/c1-6-24(7-2)12-10-22-16-19-14-18(5)15-20(21(19)26)17-23-11-13-25(8-3)9-4/h14-17,26H,6-13H2,1-5H3. The monoisotopic (exact) mass is 360 g/mol. The Morgan fingerprint density at radius 1 is 0.808 bits per heavy atom. The van der Waals surface area contributed by atoms with Gasteiger partial charge >= 0.3 is 0 Å². The van der Waals surface area contributed by atoms with Crippen molar-refractivity contribution in [3.8, 4) is 5.75 Å². The van der Waals surface area contributed by atoms with Gasteiger partial charge in [-0.25, -0.2) is 0 Å². The third-order valence-electron chi connectivity index (χ3n) is 4.65. The minimum Gasteiger partial charge on any atom is -0.507 e. The van der Waals surface area contributed by atoms with E-state index in [1.165, 1.54) is 0 Å². The highest BCUT2D eigenvalue weighted by Gasteiger charge is 2.06. The number of hydrogen-bond donors (Lipinski definition) is 1. The van der Waals surface area contributed by atoms with Gasteiger partial charge in [-0.3, -0.25) is 9.98 Å². The predicted octanol–water partition coefficient (Wildman–Crippen LogP) is 3.22. The van der Waals surface area contributed by atoms with E-state index in [-0.39, 0.29) is 5.75 Å². The van der Waals surface area contributed by atoms with Crippen LogP contribution in [-0.2, 0) is 0 Å². The summed E-state index contributed by atoms with van der Waals surface area (Å²) in [5, 5.41) is 10.5. The van der Waals surface area contributed by atoms with Crippen LogP contribution in [0.1, 0.15) is 44.4 Å². The third kappa shape index (κ3) is 7.67. The summed E-state index contributed by atoms with van der Waals surface area (Å²) >= 11 is 0. The molecule has 0 unspecified atom stereocenters. The molecule has 0 bridgehead atoms. The molecule has 0 heterocycles. The second kappa shape index (κ2) is 12.6. The molecule has 0 spiro atoms. The summed E-state index contributed by atoms with van der Waals surface area (Å²) in [6.07, 6.45) is 3.55. The van der Waals surface area contributed by atoms with Gasteiger partial charge in [-0.1, -0.05) is 27.7 Å². The predicted molar refractivity (Wildman–Crippen MR) is 113 cm³/mol. The summed E-state index contributed by atoms with van der Waals surface area (Å²) in [6, 6.07) is 3.92. The number of rotatable bonds is 12. The van der Waals surface area contributed by atoms with Gasteiger partial charge in [0.1, 0.15) is 5.75 Å². The van der Waals surface area contributed by atoms with Crippen LogP contribution in [0.25, 0.3) is 0 Å². The number of aryl methyl sites for hydroxylation is 1. The van der Waals surface area contributed by atoms with Gasteiger partial charge in [0, 0.05) is 36.6 Å². The Balaban J connectivity index is 2.72. The Labute approximate surface area is 159 Å². The molecule has 0 aliphatic heterocycles. The van der Waals surface area contributed by atoms with Gasteiger partial charge in [-0.05, 0) is 50.8 Å². The summed E-state index contributed by atoms with van der Waals surface area (Å²) in [5.74, 6) is 0.258. The number of hydrogen-bond acceptors (Lipinski definition) is 5. The Kier molecular flexibility index (Phi) is 10.8. The number of nitrogens with zero attached hydrogens (tertiary/aromatic N) is 4. The quantitative estimate of drug-likeness (QED) is 0.582. The van der Waals surface area contributed by atoms with E-state index >= 15 is 0 Å². The molecule has 0 amide bonds. The van der Waals surface area contributed by atoms with Crippen molar-refractivity contribution >= 4 is 12.4 Å². The van der Waals surface area contributed by atoms with Crippen LogP contribution in [0.15, 0.2) is 22.1 Å². The van der Waals surface area contributed by atoms with E-state index in [2.05, 4.69) is 47.5 Å². The van der Waals surface area contributed by atoms with Crippen LogP contribution in [0.5, 0.6) is 5.75 Å². The van der Waals surface area contributed by atoms with Crippen molar-refractivity contribution in [2.24, 2.45) is 9.98 Å². The van der Waals surface area contributed by atoms with Gasteiger partial charge in [0.25, 0.3) is 0 Å². The summed E-state index contributed by atoms with van der Waals surface area (Å²) in [7, 11) is 0. The van der Waals surface area contributed by atoms with Crippen molar-refractivity contribution in [2.75, 3.05) is 52.4 Å². The number of aliphatic imine (C=N–C) groups is 2. The van der Waals surface area contributed by atoms with Crippen molar-refractivity contribution in [1.29, 1.82) is 0 Å². The molecule has 1 aromatic rings. The van der Waals surface area contributed by atoms with Gasteiger partial charge < -0.3 is 14.9 Å². The van der Waals surface area contributed by atoms with E-state index in [0.29, 0.717) is 0 Å². The summed E-state index contributed by atoms with van der Waals surface area (Å²) < 4.78 is 0. The van der Waals surface area contributed by atoms with E-state index in [1.807, 2.05) is 19.1 Å². The van der Waals surface area contributed by atoms with Gasteiger partial charge in [-0.15, -0.1) is 0 Å². The van der Waals surface area contributed by atoms with E-state index in [9.17, 15) is 5.11 Å². The van der Waals surface area contributed by atoms with Crippen LogP contribution < -0.4 is 0 Å². The maximum Gasteiger partial charge on any atom is 0.133 e. The van der Waals surface area contributed by atoms with Crippen LogP contribution >= 0.6 is 0 Å². The molecule has 5 heteroatoms. The van der Waals surface area contributed by atoms with Crippen LogP contribution in [0.3, 0.4) is 0 Å². The molecule has 0 aromatic heterocycles. The number of benzene rings is 1. The first-order chi connectivity index (χ1) is 12.5. The average Bonchev–Trinajstić information content (AvgIpc) is 2.65. The van der Waals surface area contributed by atoms with Crippen molar-refractivity contribution in [3.05, 3.63) is 28.8 Å². The maximum absolute atomic E-state index is 10.5. The first-order valence-corrected chi connectivity index (χ1v) is 9.83. The van der Waals surface area contributed by atoms with Crippen LogP contribution in [-0.4, -0.2) is 79.7 Å². The topological polar surface area (TPSA) is 51.4 Å². The molecule has 0 saturated carbocycles. The molecule has 0 atom stereocenters. The van der Waals surface area contributed by atoms with Crippen LogP contribution in [0, 0.1) is 6.92 Å². The molecule has 0 fully saturated rings. The van der Waals surface area contributed by atoms with Crippen molar-refractivity contribution in [3.63, 3.8) is 0 Å². The molecule has 0 aliphatic carbocycles. The Morgan fingerprint density at radius 3 is 1.54 bits per heavy atom. The Bertz CT molecular complexity index is 528. The zero-order chi connectivity index (χ0) is 19.4. The minimum absolute atomic E-state index is 0.258. The third-order valence-corrected chi connectivity index (χ3v) is 4.65. The lowest BCUT2D eigenvalue weighted by atomic mass is 10.1. The van der Waals surface area contributed by atoms with Crippen molar-refractivity contribution in [1.82, 2.24) is 9.80 Å².